The number of hydrogen-bond acceptors (Lipinski definition) is 6. The summed E-state index contributed by atoms with van der Waals surface area (Å²) in [4.78, 5) is 26.7. The number of benzene rings is 1. The molecule has 1 saturated heterocycles. The summed E-state index contributed by atoms with van der Waals surface area (Å²) in [6.07, 6.45) is 1.77. The molecule has 9 heteroatoms. The fraction of sp³-hybridized carbons (Fsp3) is 0.278. The van der Waals surface area contributed by atoms with Crippen LogP contribution in [0.4, 0.5) is 5.13 Å². The fourth-order valence-corrected chi connectivity index (χ4v) is 4.66. The maximum Gasteiger partial charge on any atom is 0.254 e. The van der Waals surface area contributed by atoms with Gasteiger partial charge in [-0.2, -0.15) is 0 Å². The van der Waals surface area contributed by atoms with E-state index in [0.29, 0.717) is 47.5 Å². The summed E-state index contributed by atoms with van der Waals surface area (Å²) in [6.45, 7) is 2.62. The van der Waals surface area contributed by atoms with Gasteiger partial charge in [-0.1, -0.05) is 34.5 Å². The molecule has 1 fully saturated rings. The first-order valence-corrected chi connectivity index (χ1v) is 9.93. The van der Waals surface area contributed by atoms with Gasteiger partial charge >= 0.3 is 0 Å². The van der Waals surface area contributed by atoms with Crippen LogP contribution >= 0.6 is 34.5 Å². The minimum atomic E-state index is -0.0907. The molecule has 1 aliphatic heterocycles. The predicted molar refractivity (Wildman–Crippen MR) is 109 cm³/mol. The molecule has 3 aromatic rings. The van der Waals surface area contributed by atoms with Gasteiger partial charge in [0.25, 0.3) is 5.91 Å². The molecule has 0 saturated carbocycles. The second kappa shape index (κ2) is 7.50. The number of aromatic nitrogens is 2. The van der Waals surface area contributed by atoms with Crippen molar-refractivity contribution in [2.24, 2.45) is 0 Å². The summed E-state index contributed by atoms with van der Waals surface area (Å²) in [7, 11) is 1.49. The molecule has 0 N–H and O–H groups in total. The molecule has 0 radical (unpaired) electrons. The van der Waals surface area contributed by atoms with E-state index >= 15 is 0 Å². The Bertz CT molecular complexity index is 946. The smallest absolute Gasteiger partial charge is 0.254 e. The van der Waals surface area contributed by atoms with Crippen LogP contribution in [0.15, 0.2) is 30.5 Å². The zero-order chi connectivity index (χ0) is 19.0. The third kappa shape index (κ3) is 3.54. The molecule has 0 atom stereocenters. The minimum Gasteiger partial charge on any atom is -0.494 e. The number of pyridine rings is 1. The van der Waals surface area contributed by atoms with Gasteiger partial charge in [0, 0.05) is 37.9 Å². The van der Waals surface area contributed by atoms with Crippen LogP contribution in [0.3, 0.4) is 0 Å². The first kappa shape index (κ1) is 18.3. The quantitative estimate of drug-likeness (QED) is 0.638. The average molecular weight is 423 g/mol. The van der Waals surface area contributed by atoms with E-state index in [-0.39, 0.29) is 5.91 Å². The van der Waals surface area contributed by atoms with Crippen molar-refractivity contribution in [3.8, 4) is 5.75 Å². The number of thiazole rings is 1. The molecule has 1 amide bonds. The molecule has 0 spiro atoms. The fourth-order valence-electron chi connectivity index (χ4n) is 3.06. The maximum atomic E-state index is 12.8. The average Bonchev–Trinajstić information content (AvgIpc) is 3.11. The Labute approximate surface area is 170 Å². The Morgan fingerprint density at radius 2 is 1.89 bits per heavy atom. The molecular formula is C18H16Cl2N4O2S. The van der Waals surface area contributed by atoms with Crippen molar-refractivity contribution < 1.29 is 9.53 Å². The number of fused-ring (bicyclic) bond motifs is 1. The van der Waals surface area contributed by atoms with Gasteiger partial charge in [0.2, 0.25) is 0 Å². The lowest BCUT2D eigenvalue weighted by Gasteiger charge is -2.34. The second-order valence-electron chi connectivity index (χ2n) is 6.08. The second-order valence-corrected chi connectivity index (χ2v) is 7.85. The van der Waals surface area contributed by atoms with Crippen LogP contribution in [0.1, 0.15) is 10.4 Å². The molecular weight excluding hydrogens is 407 g/mol. The number of hydrogen-bond donors (Lipinski definition) is 0. The van der Waals surface area contributed by atoms with Crippen LogP contribution in [-0.4, -0.2) is 54.1 Å². The van der Waals surface area contributed by atoms with Gasteiger partial charge in [-0.3, -0.25) is 4.79 Å². The molecule has 140 valence electrons. The number of carbonyl (C=O) groups excluding carboxylic acids is 1. The lowest BCUT2D eigenvalue weighted by atomic mass is 10.1. The lowest BCUT2D eigenvalue weighted by Crippen LogP contribution is -2.48. The van der Waals surface area contributed by atoms with Gasteiger partial charge in [-0.05, 0) is 24.3 Å². The van der Waals surface area contributed by atoms with E-state index in [4.69, 9.17) is 27.9 Å². The number of ether oxygens (including phenoxy) is 1. The van der Waals surface area contributed by atoms with E-state index in [2.05, 4.69) is 14.9 Å². The number of methoxy groups -OCH3 is 1. The van der Waals surface area contributed by atoms with Crippen molar-refractivity contribution in [3.63, 3.8) is 0 Å². The number of halogens is 2. The molecule has 0 bridgehead atoms. The van der Waals surface area contributed by atoms with Crippen LogP contribution in [-0.2, 0) is 0 Å². The SMILES string of the molecule is COc1c(Cl)cc(C(=O)N2CCN(c3nc4cccnc4s3)CC2)cc1Cl. The van der Waals surface area contributed by atoms with Gasteiger partial charge in [-0.25, -0.2) is 9.97 Å². The number of amides is 1. The minimum absolute atomic E-state index is 0.0907. The highest BCUT2D eigenvalue weighted by Gasteiger charge is 2.25. The summed E-state index contributed by atoms with van der Waals surface area (Å²) in [6, 6.07) is 7.03. The Morgan fingerprint density at radius 1 is 1.19 bits per heavy atom. The maximum absolute atomic E-state index is 12.8. The van der Waals surface area contributed by atoms with Crippen molar-refractivity contribution in [1.82, 2.24) is 14.9 Å². The van der Waals surface area contributed by atoms with Crippen molar-refractivity contribution in [1.29, 1.82) is 0 Å². The molecule has 0 unspecified atom stereocenters. The topological polar surface area (TPSA) is 58.6 Å². The van der Waals surface area contributed by atoms with Gasteiger partial charge in [0.1, 0.15) is 10.3 Å². The van der Waals surface area contributed by atoms with Crippen LogP contribution in [0, 0.1) is 0 Å². The van der Waals surface area contributed by atoms with E-state index in [1.807, 2.05) is 12.1 Å². The molecule has 3 heterocycles. The monoisotopic (exact) mass is 422 g/mol. The van der Waals surface area contributed by atoms with Gasteiger partial charge in [-0.15, -0.1) is 0 Å². The molecule has 6 nitrogen and oxygen atoms in total. The third-order valence-corrected chi connectivity index (χ3v) is 6.04. The summed E-state index contributed by atoms with van der Waals surface area (Å²) < 4.78 is 5.14. The summed E-state index contributed by atoms with van der Waals surface area (Å²) in [5, 5.41) is 1.59. The van der Waals surface area contributed by atoms with Crippen LogP contribution in [0.25, 0.3) is 10.3 Å². The lowest BCUT2D eigenvalue weighted by molar-refractivity contribution is 0.0746. The molecule has 0 aliphatic carbocycles. The Kier molecular flexibility index (Phi) is 5.08. The normalized spacial score (nSPS) is 14.6. The van der Waals surface area contributed by atoms with E-state index < -0.39 is 0 Å². The van der Waals surface area contributed by atoms with E-state index in [9.17, 15) is 4.79 Å². The summed E-state index contributed by atoms with van der Waals surface area (Å²) in [5.41, 5.74) is 1.36. The highest BCUT2D eigenvalue weighted by molar-refractivity contribution is 7.21. The zero-order valence-corrected chi connectivity index (χ0v) is 16.8. The largest absolute Gasteiger partial charge is 0.494 e. The van der Waals surface area contributed by atoms with Crippen molar-refractivity contribution in [3.05, 3.63) is 46.1 Å². The van der Waals surface area contributed by atoms with Gasteiger partial charge < -0.3 is 14.5 Å². The van der Waals surface area contributed by atoms with Crippen LogP contribution < -0.4 is 9.64 Å². The van der Waals surface area contributed by atoms with Crippen molar-refractivity contribution >= 4 is 55.9 Å². The first-order valence-electron chi connectivity index (χ1n) is 8.35. The number of rotatable bonds is 3. The van der Waals surface area contributed by atoms with Crippen molar-refractivity contribution in [2.75, 3.05) is 38.2 Å². The predicted octanol–water partition coefficient (Wildman–Crippen LogP) is 3.97. The van der Waals surface area contributed by atoms with Gasteiger partial charge in [0.15, 0.2) is 10.9 Å². The first-order chi connectivity index (χ1) is 13.1. The van der Waals surface area contributed by atoms with Crippen LogP contribution in [0.2, 0.25) is 10.0 Å². The highest BCUT2D eigenvalue weighted by Crippen LogP contribution is 2.34. The standard InChI is InChI=1S/C18H16Cl2N4O2S/c1-26-15-12(19)9-11(10-13(15)20)17(25)23-5-7-24(8-6-23)18-22-14-3-2-4-21-16(14)27-18/h2-4,9-10H,5-8H2,1H3. The number of anilines is 1. The molecule has 4 rings (SSSR count). The summed E-state index contributed by atoms with van der Waals surface area (Å²) in [5.74, 6) is 0.288. The Balaban J connectivity index is 1.46. The highest BCUT2D eigenvalue weighted by atomic mass is 35.5. The third-order valence-electron chi connectivity index (χ3n) is 4.44. The van der Waals surface area contributed by atoms with E-state index in [1.54, 1.807) is 34.6 Å². The van der Waals surface area contributed by atoms with Crippen LogP contribution in [0.5, 0.6) is 5.75 Å². The molecule has 1 aromatic carbocycles. The van der Waals surface area contributed by atoms with Gasteiger partial charge in [0.05, 0.1) is 17.2 Å². The zero-order valence-electron chi connectivity index (χ0n) is 14.5. The Hall–Kier alpha value is -2.09. The van der Waals surface area contributed by atoms with Crippen molar-refractivity contribution in [2.45, 2.75) is 0 Å². The van der Waals surface area contributed by atoms with E-state index in [0.717, 1.165) is 15.5 Å². The summed E-state index contributed by atoms with van der Waals surface area (Å²) >= 11 is 13.9. The molecule has 27 heavy (non-hydrogen) atoms. The molecule has 2 aromatic heterocycles. The van der Waals surface area contributed by atoms with E-state index in [1.165, 1.54) is 7.11 Å². The number of piperazine rings is 1. The number of nitrogens with zero attached hydrogens (tertiary/aromatic N) is 4. The number of carbonyl (C=O) groups is 1. The Morgan fingerprint density at radius 3 is 2.52 bits per heavy atom. The molecule has 1 aliphatic rings.